The van der Waals surface area contributed by atoms with Crippen LogP contribution in [-0.4, -0.2) is 5.97 Å². The van der Waals surface area contributed by atoms with Crippen LogP contribution in [0.25, 0.3) is 0 Å². The molecule has 0 radical (unpaired) electrons. The molecular weight excluding hydrogens is 104 g/mol. The zero-order valence-corrected chi connectivity index (χ0v) is 5.10. The van der Waals surface area contributed by atoms with Crippen molar-refractivity contribution in [2.75, 3.05) is 0 Å². The quantitative estimate of drug-likeness (QED) is 0.471. The molecule has 0 aliphatic heterocycles. The molecule has 0 heterocycles. The van der Waals surface area contributed by atoms with E-state index in [1.807, 2.05) is 13.8 Å². The monoisotopic (exact) mass is 113 g/mol. The summed E-state index contributed by atoms with van der Waals surface area (Å²) in [6.45, 7) is 3.88. The predicted octanol–water partition coefficient (Wildman–Crippen LogP) is -0.218. The topological polar surface area (TPSA) is 40.1 Å². The number of aliphatic carboxylic acids is 1. The van der Waals surface area contributed by atoms with E-state index < -0.39 is 5.97 Å². The summed E-state index contributed by atoms with van der Waals surface area (Å²) in [6.07, 6.45) is 0.787. The molecule has 0 bridgehead atoms. The van der Waals surface area contributed by atoms with Crippen molar-refractivity contribution >= 4 is 5.97 Å². The number of carbonyl (C=O) groups excluding carboxylic acids is 1. The standard InChI is InChI=1S/C6H10O2/c1-6(2)3-4(6)5(7)8/h4H,3H2,1-2H3,(H,7,8)/p-1. The van der Waals surface area contributed by atoms with Crippen LogP contribution in [0, 0.1) is 11.3 Å². The number of carbonyl (C=O) groups is 1. The summed E-state index contributed by atoms with van der Waals surface area (Å²) in [5.41, 5.74) is 0.0266. The lowest BCUT2D eigenvalue weighted by Gasteiger charge is -2.01. The van der Waals surface area contributed by atoms with Crippen molar-refractivity contribution in [2.24, 2.45) is 11.3 Å². The third-order valence-electron chi connectivity index (χ3n) is 1.80. The number of hydrogen-bond acceptors (Lipinski definition) is 2. The van der Waals surface area contributed by atoms with Gasteiger partial charge in [0.25, 0.3) is 0 Å². The molecule has 1 unspecified atom stereocenters. The average molecular weight is 113 g/mol. The van der Waals surface area contributed by atoms with Crippen LogP contribution in [0.5, 0.6) is 0 Å². The Hall–Kier alpha value is -0.530. The molecule has 1 fully saturated rings. The van der Waals surface area contributed by atoms with E-state index in [1.54, 1.807) is 0 Å². The van der Waals surface area contributed by atoms with Gasteiger partial charge in [0, 0.05) is 11.9 Å². The van der Waals surface area contributed by atoms with Gasteiger partial charge in [-0.1, -0.05) is 13.8 Å². The van der Waals surface area contributed by atoms with Crippen LogP contribution in [0.15, 0.2) is 0 Å². The van der Waals surface area contributed by atoms with E-state index in [0.29, 0.717) is 0 Å². The van der Waals surface area contributed by atoms with Crippen LogP contribution in [0.1, 0.15) is 20.3 Å². The third kappa shape index (κ3) is 0.703. The number of carboxylic acid groups (broad SMARTS) is 1. The van der Waals surface area contributed by atoms with Crippen molar-refractivity contribution in [3.05, 3.63) is 0 Å². The molecule has 0 aromatic carbocycles. The molecule has 1 rings (SSSR count). The third-order valence-corrected chi connectivity index (χ3v) is 1.80. The summed E-state index contributed by atoms with van der Waals surface area (Å²) < 4.78 is 0. The second kappa shape index (κ2) is 1.24. The first-order chi connectivity index (χ1) is 3.54. The fourth-order valence-corrected chi connectivity index (χ4v) is 0.870. The van der Waals surface area contributed by atoms with Gasteiger partial charge in [0.05, 0.1) is 0 Å². The van der Waals surface area contributed by atoms with Gasteiger partial charge in [0.15, 0.2) is 0 Å². The first kappa shape index (κ1) is 5.60. The largest absolute Gasteiger partial charge is 0.550 e. The lowest BCUT2D eigenvalue weighted by atomic mass is 10.1. The molecule has 1 atom stereocenters. The van der Waals surface area contributed by atoms with E-state index in [4.69, 9.17) is 0 Å². The lowest BCUT2D eigenvalue weighted by molar-refractivity contribution is -0.308. The second-order valence-corrected chi connectivity index (χ2v) is 3.06. The maximum atomic E-state index is 10.1. The van der Waals surface area contributed by atoms with Crippen LogP contribution in [0.4, 0.5) is 0 Å². The maximum Gasteiger partial charge on any atom is 0.0450 e. The summed E-state index contributed by atoms with van der Waals surface area (Å²) in [4.78, 5) is 10.1. The molecule has 0 aromatic heterocycles. The predicted molar refractivity (Wildman–Crippen MR) is 26.9 cm³/mol. The highest BCUT2D eigenvalue weighted by atomic mass is 16.4. The van der Waals surface area contributed by atoms with Crippen LogP contribution in [0.2, 0.25) is 0 Å². The van der Waals surface area contributed by atoms with E-state index >= 15 is 0 Å². The number of carboxylic acids is 1. The first-order valence-electron chi connectivity index (χ1n) is 2.75. The summed E-state index contributed by atoms with van der Waals surface area (Å²) in [6, 6.07) is 0. The van der Waals surface area contributed by atoms with Gasteiger partial charge >= 0.3 is 0 Å². The van der Waals surface area contributed by atoms with Crippen LogP contribution >= 0.6 is 0 Å². The van der Waals surface area contributed by atoms with Crippen molar-refractivity contribution < 1.29 is 9.90 Å². The van der Waals surface area contributed by atoms with Crippen molar-refractivity contribution in [3.8, 4) is 0 Å². The Bertz CT molecular complexity index is 126. The Morgan fingerprint density at radius 1 is 1.75 bits per heavy atom. The highest BCUT2D eigenvalue weighted by Gasteiger charge is 2.46. The number of hydrogen-bond donors (Lipinski definition) is 0. The van der Waals surface area contributed by atoms with E-state index in [9.17, 15) is 9.90 Å². The van der Waals surface area contributed by atoms with E-state index in [1.165, 1.54) is 0 Å². The van der Waals surface area contributed by atoms with Crippen molar-refractivity contribution in [2.45, 2.75) is 20.3 Å². The van der Waals surface area contributed by atoms with Crippen molar-refractivity contribution in [1.29, 1.82) is 0 Å². The van der Waals surface area contributed by atoms with Gasteiger partial charge in [-0.2, -0.15) is 0 Å². The van der Waals surface area contributed by atoms with Crippen LogP contribution in [0.3, 0.4) is 0 Å². The number of rotatable bonds is 1. The fraction of sp³-hybridized carbons (Fsp3) is 0.833. The van der Waals surface area contributed by atoms with Crippen LogP contribution in [-0.2, 0) is 4.79 Å². The fourth-order valence-electron chi connectivity index (χ4n) is 0.870. The van der Waals surface area contributed by atoms with Gasteiger partial charge in [-0.15, -0.1) is 0 Å². The molecular formula is C6H9O2-. The van der Waals surface area contributed by atoms with Gasteiger partial charge in [-0.05, 0) is 11.8 Å². The summed E-state index contributed by atoms with van der Waals surface area (Å²) in [5, 5.41) is 10.1. The molecule has 46 valence electrons. The minimum atomic E-state index is -0.894. The first-order valence-corrected chi connectivity index (χ1v) is 2.75. The summed E-state index contributed by atoms with van der Waals surface area (Å²) >= 11 is 0. The Labute approximate surface area is 48.5 Å². The Morgan fingerprint density at radius 3 is 2.12 bits per heavy atom. The smallest absolute Gasteiger partial charge is 0.0450 e. The Morgan fingerprint density at radius 2 is 2.12 bits per heavy atom. The molecule has 0 amide bonds. The molecule has 2 nitrogen and oxygen atoms in total. The normalized spacial score (nSPS) is 32.0. The highest BCUT2D eigenvalue weighted by Crippen LogP contribution is 2.50. The summed E-state index contributed by atoms with van der Waals surface area (Å²) in [5.74, 6) is -1.07. The molecule has 0 spiro atoms. The highest BCUT2D eigenvalue weighted by molar-refractivity contribution is 5.72. The van der Waals surface area contributed by atoms with E-state index in [-0.39, 0.29) is 11.3 Å². The molecule has 0 aromatic rings. The van der Waals surface area contributed by atoms with Gasteiger partial charge < -0.3 is 9.90 Å². The molecule has 0 saturated heterocycles. The van der Waals surface area contributed by atoms with Gasteiger partial charge in [0.1, 0.15) is 0 Å². The van der Waals surface area contributed by atoms with Crippen molar-refractivity contribution in [3.63, 3.8) is 0 Å². The van der Waals surface area contributed by atoms with E-state index in [2.05, 4.69) is 0 Å². The minimum absolute atomic E-state index is 0.0266. The minimum Gasteiger partial charge on any atom is -0.550 e. The molecule has 8 heavy (non-hydrogen) atoms. The van der Waals surface area contributed by atoms with Gasteiger partial charge in [-0.3, -0.25) is 0 Å². The maximum absolute atomic E-state index is 10.1. The lowest BCUT2D eigenvalue weighted by Crippen LogP contribution is -2.26. The Balaban J connectivity index is 2.48. The zero-order chi connectivity index (χ0) is 6.36. The molecule has 1 aliphatic carbocycles. The van der Waals surface area contributed by atoms with Crippen molar-refractivity contribution in [1.82, 2.24) is 0 Å². The van der Waals surface area contributed by atoms with Crippen LogP contribution < -0.4 is 5.11 Å². The van der Waals surface area contributed by atoms with Gasteiger partial charge in [0.2, 0.25) is 0 Å². The average Bonchev–Trinajstić information content (AvgIpc) is 2.13. The SMILES string of the molecule is CC1(C)CC1C(=O)[O-]. The summed E-state index contributed by atoms with van der Waals surface area (Å²) in [7, 11) is 0. The van der Waals surface area contributed by atoms with Gasteiger partial charge in [-0.25, -0.2) is 0 Å². The molecule has 0 N–H and O–H groups in total. The molecule has 1 aliphatic rings. The zero-order valence-electron chi connectivity index (χ0n) is 5.10. The Kier molecular flexibility index (Phi) is 0.872. The molecule has 1 saturated carbocycles. The second-order valence-electron chi connectivity index (χ2n) is 3.06. The molecule has 2 heteroatoms. The van der Waals surface area contributed by atoms with E-state index in [0.717, 1.165) is 6.42 Å².